The van der Waals surface area contributed by atoms with E-state index in [-0.39, 0.29) is 11.4 Å². The zero-order chi connectivity index (χ0) is 52.2. The second-order valence-electron chi connectivity index (χ2n) is 18.4. The molecule has 0 aliphatic rings. The third-order valence-corrected chi connectivity index (χ3v) is 14.0. The highest BCUT2D eigenvalue weighted by molar-refractivity contribution is 6.14. The summed E-state index contributed by atoms with van der Waals surface area (Å²) in [4.78, 5) is 7.28. The Morgan fingerprint density at radius 3 is 0.934 bits per heavy atom. The summed E-state index contributed by atoms with van der Waals surface area (Å²) in [6.45, 7) is 15.4. The van der Waals surface area contributed by atoms with E-state index in [2.05, 4.69) is 27.9 Å². The van der Waals surface area contributed by atoms with Crippen molar-refractivity contribution in [2.45, 2.75) is 6.18 Å². The molecule has 0 fully saturated rings. The number of nitriles is 3. The second kappa shape index (κ2) is 18.3. The van der Waals surface area contributed by atoms with E-state index >= 15 is 13.2 Å². The highest BCUT2D eigenvalue weighted by atomic mass is 19.4. The predicted octanol–water partition coefficient (Wildman–Crippen LogP) is 18.0. The van der Waals surface area contributed by atoms with Crippen LogP contribution in [0.25, 0.3) is 120 Å². The summed E-state index contributed by atoms with van der Waals surface area (Å²) in [6, 6.07) is 67.8. The Hall–Kier alpha value is -11.0. The molecular formula is C66H34F3N7. The molecule has 0 bridgehead atoms. The molecular weight excluding hydrogens is 948 g/mol. The monoisotopic (exact) mass is 981 g/mol. The van der Waals surface area contributed by atoms with Crippen LogP contribution in [0.5, 0.6) is 0 Å². The maximum Gasteiger partial charge on any atom is 0.420 e. The van der Waals surface area contributed by atoms with Crippen LogP contribution in [0.3, 0.4) is 0 Å². The third-order valence-electron chi connectivity index (χ3n) is 14.0. The molecule has 2 heterocycles. The van der Waals surface area contributed by atoms with Crippen molar-refractivity contribution in [3.63, 3.8) is 0 Å². The fourth-order valence-electron chi connectivity index (χ4n) is 10.5. The van der Waals surface area contributed by atoms with Crippen LogP contribution >= 0.6 is 0 Å². The first-order valence-electron chi connectivity index (χ1n) is 23.9. The van der Waals surface area contributed by atoms with Gasteiger partial charge in [-0.2, -0.15) is 29.0 Å². The number of nitrogens with zero attached hydrogens (tertiary/aromatic N) is 7. The lowest BCUT2D eigenvalue weighted by molar-refractivity contribution is -0.137. The largest absolute Gasteiger partial charge is 0.420 e. The van der Waals surface area contributed by atoms with Crippen LogP contribution in [0.2, 0.25) is 0 Å². The molecule has 0 saturated carbocycles. The number of hydrogen-bond donors (Lipinski definition) is 0. The summed E-state index contributed by atoms with van der Waals surface area (Å²) in [5.41, 5.74) is 9.90. The Morgan fingerprint density at radius 2 is 0.632 bits per heavy atom. The van der Waals surface area contributed by atoms with Crippen molar-refractivity contribution in [3.05, 3.63) is 251 Å². The van der Waals surface area contributed by atoms with Crippen LogP contribution in [0.4, 0.5) is 24.5 Å². The minimum Gasteiger partial charge on any atom is -0.309 e. The first-order valence-corrected chi connectivity index (χ1v) is 23.9. The highest BCUT2D eigenvalue weighted by Crippen LogP contribution is 2.48. The van der Waals surface area contributed by atoms with Gasteiger partial charge in [-0.05, 0) is 165 Å². The SMILES string of the molecule is [C-]#[N+]c1cccc(-c2ccc3c(c2)c2cc(-c4cccc([N+]#[C-])c4)ccc2n3-c2cc(-c3cccc(C#N)c3)cc(-n3c4ccc(-c5cccc(C#N)c5)cc4c4cc(-c5cccc(C#N)c5)ccc43)c2C(F)(F)F)c1. The van der Waals surface area contributed by atoms with E-state index in [1.54, 1.807) is 118 Å². The summed E-state index contributed by atoms with van der Waals surface area (Å²) in [5, 5.41) is 32.4. The van der Waals surface area contributed by atoms with Crippen molar-refractivity contribution in [2.75, 3.05) is 0 Å². The Bertz CT molecular complexity index is 4170. The molecule has 354 valence electrons. The lowest BCUT2D eigenvalue weighted by atomic mass is 9.97. The average Bonchev–Trinajstić information content (AvgIpc) is 4.20. The molecule has 7 nitrogen and oxygen atoms in total. The van der Waals surface area contributed by atoms with Crippen LogP contribution in [0.15, 0.2) is 206 Å². The van der Waals surface area contributed by atoms with Gasteiger partial charge in [-0.15, -0.1) is 0 Å². The van der Waals surface area contributed by atoms with Gasteiger partial charge in [-0.25, -0.2) is 9.69 Å². The molecule has 0 unspecified atom stereocenters. The molecule has 10 aromatic carbocycles. The zero-order valence-corrected chi connectivity index (χ0v) is 39.9. The van der Waals surface area contributed by atoms with E-state index in [9.17, 15) is 15.8 Å². The lowest BCUT2D eigenvalue weighted by Crippen LogP contribution is -2.16. The van der Waals surface area contributed by atoms with Crippen LogP contribution in [0, 0.1) is 47.1 Å². The van der Waals surface area contributed by atoms with Crippen LogP contribution < -0.4 is 0 Å². The van der Waals surface area contributed by atoms with E-state index < -0.39 is 11.7 Å². The molecule has 0 aliphatic heterocycles. The fraction of sp³-hybridized carbons (Fsp3) is 0.0152. The molecule has 2 aromatic heterocycles. The number of rotatable bonds is 7. The maximum absolute atomic E-state index is 17.0. The smallest absolute Gasteiger partial charge is 0.309 e. The number of fused-ring (bicyclic) bond motifs is 6. The molecule has 12 rings (SSSR count). The molecule has 0 N–H and O–H groups in total. The van der Waals surface area contributed by atoms with Gasteiger partial charge in [0.1, 0.15) is 5.56 Å². The summed E-state index contributed by atoms with van der Waals surface area (Å²) in [6.07, 6.45) is -4.97. The van der Waals surface area contributed by atoms with E-state index in [0.29, 0.717) is 82.8 Å². The van der Waals surface area contributed by atoms with Gasteiger partial charge in [0.2, 0.25) is 0 Å². The molecule has 0 saturated heterocycles. The lowest BCUT2D eigenvalue weighted by Gasteiger charge is -2.23. The molecule has 0 atom stereocenters. The van der Waals surface area contributed by atoms with Crippen LogP contribution in [0.1, 0.15) is 22.3 Å². The quantitative estimate of drug-likeness (QED) is 0.149. The van der Waals surface area contributed by atoms with Crippen molar-refractivity contribution in [1.82, 2.24) is 9.13 Å². The van der Waals surface area contributed by atoms with E-state index in [0.717, 1.165) is 44.5 Å². The Morgan fingerprint density at radius 1 is 0.342 bits per heavy atom. The zero-order valence-electron chi connectivity index (χ0n) is 39.9. The number of aromatic nitrogens is 2. The van der Waals surface area contributed by atoms with Gasteiger partial charge in [0.15, 0.2) is 11.4 Å². The Labute approximate surface area is 433 Å². The van der Waals surface area contributed by atoms with Gasteiger partial charge in [-0.1, -0.05) is 97.1 Å². The molecule has 0 aliphatic carbocycles. The fourth-order valence-corrected chi connectivity index (χ4v) is 10.5. The molecule has 10 heteroatoms. The summed E-state index contributed by atoms with van der Waals surface area (Å²) in [5.74, 6) is 0. The van der Waals surface area contributed by atoms with Gasteiger partial charge in [-0.3, -0.25) is 0 Å². The van der Waals surface area contributed by atoms with Gasteiger partial charge in [0.05, 0.1) is 81.5 Å². The van der Waals surface area contributed by atoms with Crippen molar-refractivity contribution in [2.24, 2.45) is 0 Å². The van der Waals surface area contributed by atoms with Crippen molar-refractivity contribution in [1.29, 1.82) is 15.8 Å². The summed E-state index contributed by atoms with van der Waals surface area (Å²) in [7, 11) is 0. The standard InChI is InChI=1S/C66H34F3N7/c1-73-53-16-6-14-46(29-53)50-20-24-61-57(33-50)58-34-51(47-15-7-17-54(30-47)74-2)21-25-62(58)76(61)64-36-52(45-13-5-10-42(28-45)39-72)35-63(65(64)66(67,68)69)75-59-22-18-48(43-11-3-8-40(26-43)37-70)31-55(59)56-32-49(19-23-60(56)75)44-12-4-9-41(27-44)38-71/h3-36H. The average molecular weight is 982 g/mol. The van der Waals surface area contributed by atoms with E-state index in [1.165, 1.54) is 0 Å². The number of benzene rings is 10. The topological polar surface area (TPSA) is 89.9 Å². The molecule has 12 aromatic rings. The van der Waals surface area contributed by atoms with Crippen molar-refractivity contribution in [3.8, 4) is 85.2 Å². The van der Waals surface area contributed by atoms with E-state index in [1.807, 2.05) is 97.1 Å². The Kier molecular flexibility index (Phi) is 11.1. The molecule has 76 heavy (non-hydrogen) atoms. The van der Waals surface area contributed by atoms with Crippen molar-refractivity contribution >= 4 is 55.0 Å². The summed E-state index contributed by atoms with van der Waals surface area (Å²) < 4.78 is 54.3. The maximum atomic E-state index is 17.0. The normalized spacial score (nSPS) is 11.3. The van der Waals surface area contributed by atoms with Gasteiger partial charge in [0.25, 0.3) is 0 Å². The number of halogens is 3. The minimum absolute atomic E-state index is 0.155. The van der Waals surface area contributed by atoms with Crippen LogP contribution in [-0.4, -0.2) is 9.13 Å². The van der Waals surface area contributed by atoms with Gasteiger partial charge < -0.3 is 9.13 Å². The van der Waals surface area contributed by atoms with Crippen molar-refractivity contribution < 1.29 is 13.2 Å². The second-order valence-corrected chi connectivity index (χ2v) is 18.4. The van der Waals surface area contributed by atoms with E-state index in [4.69, 9.17) is 13.1 Å². The van der Waals surface area contributed by atoms with Gasteiger partial charge in [0, 0.05) is 21.5 Å². The molecule has 0 spiro atoms. The number of alkyl halides is 3. The van der Waals surface area contributed by atoms with Gasteiger partial charge >= 0.3 is 6.18 Å². The third kappa shape index (κ3) is 7.92. The molecule has 0 amide bonds. The summed E-state index contributed by atoms with van der Waals surface area (Å²) >= 11 is 0. The predicted molar refractivity (Wildman–Crippen MR) is 294 cm³/mol. The first-order chi connectivity index (χ1) is 37.0. The highest BCUT2D eigenvalue weighted by Gasteiger charge is 2.40. The van der Waals surface area contributed by atoms with Crippen LogP contribution in [-0.2, 0) is 6.18 Å². The minimum atomic E-state index is -4.97. The molecule has 0 radical (unpaired) electrons. The number of hydrogen-bond acceptors (Lipinski definition) is 3. The first kappa shape index (κ1) is 46.1. The Balaban J connectivity index is 1.21.